The fourth-order valence-corrected chi connectivity index (χ4v) is 2.81. The van der Waals surface area contributed by atoms with Crippen molar-refractivity contribution in [3.63, 3.8) is 0 Å². The smallest absolute Gasteiger partial charge is 0.317 e. The topological polar surface area (TPSA) is 61.4 Å². The summed E-state index contributed by atoms with van der Waals surface area (Å²) in [7, 11) is 0. The fourth-order valence-electron chi connectivity index (χ4n) is 2.81. The number of hydrogen-bond acceptors (Lipinski definition) is 3. The maximum absolute atomic E-state index is 12.3. The standard InChI is InChI=1S/C15H23N3O2/c1-4-12(6-5-11(2)3)18-14(20)17-13(19)15(18)7-9-16-10-8-15/h4-6,11,16H,7-10H2,1-3H3,(H,17,19,20)/b6-5-,12-4+. The molecule has 5 nitrogen and oxygen atoms in total. The summed E-state index contributed by atoms with van der Waals surface area (Å²) in [4.78, 5) is 26.1. The van der Waals surface area contributed by atoms with E-state index in [2.05, 4.69) is 24.5 Å². The number of carbonyl (C=O) groups is 2. The molecule has 5 heteroatoms. The molecule has 20 heavy (non-hydrogen) atoms. The molecule has 2 aliphatic heterocycles. The van der Waals surface area contributed by atoms with Crippen LogP contribution in [0.15, 0.2) is 23.9 Å². The number of nitrogens with one attached hydrogen (secondary N) is 2. The van der Waals surface area contributed by atoms with Crippen molar-refractivity contribution < 1.29 is 9.59 Å². The van der Waals surface area contributed by atoms with E-state index < -0.39 is 5.54 Å². The first-order chi connectivity index (χ1) is 9.51. The molecule has 0 unspecified atom stereocenters. The second-order valence-corrected chi connectivity index (χ2v) is 5.69. The average Bonchev–Trinajstić information content (AvgIpc) is 2.64. The Morgan fingerprint density at radius 1 is 1.30 bits per heavy atom. The van der Waals surface area contributed by atoms with Crippen molar-refractivity contribution in [2.75, 3.05) is 13.1 Å². The van der Waals surface area contributed by atoms with Crippen LogP contribution in [0.25, 0.3) is 0 Å². The van der Waals surface area contributed by atoms with Crippen molar-refractivity contribution in [2.45, 2.75) is 39.2 Å². The number of piperidine rings is 1. The Bertz CT molecular complexity index is 460. The number of hydrogen-bond donors (Lipinski definition) is 2. The van der Waals surface area contributed by atoms with E-state index in [-0.39, 0.29) is 11.9 Å². The average molecular weight is 277 g/mol. The molecule has 2 N–H and O–H groups in total. The summed E-state index contributed by atoms with van der Waals surface area (Å²) in [6.45, 7) is 7.56. The third-order valence-electron chi connectivity index (χ3n) is 3.91. The molecule has 2 rings (SSSR count). The number of nitrogens with zero attached hydrogens (tertiary/aromatic N) is 1. The van der Waals surface area contributed by atoms with Gasteiger partial charge in [0, 0.05) is 5.70 Å². The molecular weight excluding hydrogens is 254 g/mol. The van der Waals surface area contributed by atoms with Gasteiger partial charge in [0.2, 0.25) is 0 Å². The van der Waals surface area contributed by atoms with E-state index in [1.807, 2.05) is 25.2 Å². The quantitative estimate of drug-likeness (QED) is 0.610. The van der Waals surface area contributed by atoms with Gasteiger partial charge in [-0.25, -0.2) is 4.79 Å². The van der Waals surface area contributed by atoms with Crippen molar-refractivity contribution in [3.05, 3.63) is 23.9 Å². The van der Waals surface area contributed by atoms with Crippen molar-refractivity contribution in [3.8, 4) is 0 Å². The summed E-state index contributed by atoms with van der Waals surface area (Å²) in [6.07, 6.45) is 7.17. The van der Waals surface area contributed by atoms with E-state index in [0.29, 0.717) is 18.8 Å². The molecule has 0 aromatic rings. The van der Waals surface area contributed by atoms with Crippen molar-refractivity contribution in [2.24, 2.45) is 5.92 Å². The molecule has 0 aliphatic carbocycles. The van der Waals surface area contributed by atoms with Gasteiger partial charge in [-0.1, -0.05) is 26.0 Å². The lowest BCUT2D eigenvalue weighted by molar-refractivity contribution is -0.127. The molecule has 0 radical (unpaired) electrons. The normalized spacial score (nSPS) is 23.2. The maximum Gasteiger partial charge on any atom is 0.329 e. The highest BCUT2D eigenvalue weighted by Gasteiger charge is 2.53. The highest BCUT2D eigenvalue weighted by atomic mass is 16.2. The van der Waals surface area contributed by atoms with Crippen LogP contribution in [0.2, 0.25) is 0 Å². The second kappa shape index (κ2) is 5.79. The molecule has 0 saturated carbocycles. The molecule has 3 amide bonds. The number of rotatable bonds is 3. The first kappa shape index (κ1) is 14.8. The minimum atomic E-state index is -0.717. The van der Waals surface area contributed by atoms with Crippen LogP contribution in [0.1, 0.15) is 33.6 Å². The fraction of sp³-hybridized carbons (Fsp3) is 0.600. The van der Waals surface area contributed by atoms with Crippen LogP contribution >= 0.6 is 0 Å². The van der Waals surface area contributed by atoms with E-state index in [0.717, 1.165) is 18.8 Å². The van der Waals surface area contributed by atoms with Gasteiger partial charge >= 0.3 is 6.03 Å². The molecule has 0 aromatic carbocycles. The largest absolute Gasteiger partial charge is 0.329 e. The van der Waals surface area contributed by atoms with Gasteiger partial charge in [0.05, 0.1) is 0 Å². The van der Waals surface area contributed by atoms with Crippen molar-refractivity contribution in [1.82, 2.24) is 15.5 Å². The number of carbonyl (C=O) groups excluding carboxylic acids is 2. The van der Waals surface area contributed by atoms with E-state index in [1.54, 1.807) is 4.90 Å². The molecule has 110 valence electrons. The lowest BCUT2D eigenvalue weighted by Gasteiger charge is -2.38. The Kier molecular flexibility index (Phi) is 4.28. The molecule has 1 spiro atoms. The van der Waals surface area contributed by atoms with Crippen LogP contribution in [0.5, 0.6) is 0 Å². The summed E-state index contributed by atoms with van der Waals surface area (Å²) in [5, 5.41) is 5.72. The van der Waals surface area contributed by atoms with Gasteiger partial charge in [-0.15, -0.1) is 0 Å². The molecule has 2 aliphatic rings. The zero-order valence-corrected chi connectivity index (χ0v) is 12.4. The highest BCUT2D eigenvalue weighted by molar-refractivity contribution is 6.08. The highest BCUT2D eigenvalue weighted by Crippen LogP contribution is 2.34. The van der Waals surface area contributed by atoms with Gasteiger partial charge in [0.1, 0.15) is 5.54 Å². The SMILES string of the molecule is C/C=C(\C=C/C(C)C)N1C(=O)NC(=O)C12CCNCC2. The van der Waals surface area contributed by atoms with Crippen LogP contribution in [0.3, 0.4) is 0 Å². The molecule has 2 fully saturated rings. The number of allylic oxidation sites excluding steroid dienone is 3. The van der Waals surface area contributed by atoms with Crippen LogP contribution in [-0.4, -0.2) is 35.5 Å². The zero-order chi connectivity index (χ0) is 14.8. The maximum atomic E-state index is 12.3. The lowest BCUT2D eigenvalue weighted by Crippen LogP contribution is -2.55. The van der Waals surface area contributed by atoms with E-state index >= 15 is 0 Å². The van der Waals surface area contributed by atoms with Gasteiger partial charge < -0.3 is 5.32 Å². The minimum absolute atomic E-state index is 0.165. The first-order valence-corrected chi connectivity index (χ1v) is 7.22. The summed E-state index contributed by atoms with van der Waals surface area (Å²) < 4.78 is 0. The van der Waals surface area contributed by atoms with Crippen molar-refractivity contribution in [1.29, 1.82) is 0 Å². The molecule has 0 bridgehead atoms. The van der Waals surface area contributed by atoms with Crippen LogP contribution in [0.4, 0.5) is 4.79 Å². The summed E-state index contributed by atoms with van der Waals surface area (Å²) in [6, 6.07) is -0.307. The Morgan fingerprint density at radius 3 is 2.50 bits per heavy atom. The number of urea groups is 1. The molecular formula is C15H23N3O2. The van der Waals surface area contributed by atoms with Gasteiger partial charge in [-0.2, -0.15) is 0 Å². The molecule has 2 heterocycles. The Balaban J connectivity index is 2.35. The third kappa shape index (κ3) is 2.50. The predicted molar refractivity (Wildman–Crippen MR) is 77.9 cm³/mol. The van der Waals surface area contributed by atoms with Crippen molar-refractivity contribution >= 4 is 11.9 Å². The van der Waals surface area contributed by atoms with Gasteiger partial charge in [0.25, 0.3) is 5.91 Å². The van der Waals surface area contributed by atoms with E-state index in [1.165, 1.54) is 0 Å². The van der Waals surface area contributed by atoms with Gasteiger partial charge in [0.15, 0.2) is 0 Å². The van der Waals surface area contributed by atoms with E-state index in [4.69, 9.17) is 0 Å². The van der Waals surface area contributed by atoms with Crippen LogP contribution in [-0.2, 0) is 4.79 Å². The number of amides is 3. The van der Waals surface area contributed by atoms with Gasteiger partial charge in [-0.05, 0) is 44.8 Å². The third-order valence-corrected chi connectivity index (χ3v) is 3.91. The Morgan fingerprint density at radius 2 is 1.95 bits per heavy atom. The summed E-state index contributed by atoms with van der Waals surface area (Å²) in [5.74, 6) is 0.233. The minimum Gasteiger partial charge on any atom is -0.317 e. The Labute approximate surface area is 120 Å². The Hall–Kier alpha value is -1.62. The molecule has 2 saturated heterocycles. The number of imide groups is 1. The monoisotopic (exact) mass is 277 g/mol. The predicted octanol–water partition coefficient (Wildman–Crippen LogP) is 1.78. The molecule has 0 atom stereocenters. The summed E-state index contributed by atoms with van der Waals surface area (Å²) in [5.41, 5.74) is 0.0786. The van der Waals surface area contributed by atoms with E-state index in [9.17, 15) is 9.59 Å². The van der Waals surface area contributed by atoms with Crippen LogP contribution in [0, 0.1) is 5.92 Å². The molecule has 0 aromatic heterocycles. The zero-order valence-electron chi connectivity index (χ0n) is 12.4. The summed E-state index contributed by atoms with van der Waals surface area (Å²) >= 11 is 0. The van der Waals surface area contributed by atoms with Gasteiger partial charge in [-0.3, -0.25) is 15.0 Å². The lowest BCUT2D eigenvalue weighted by atomic mass is 9.86. The van der Waals surface area contributed by atoms with Crippen LogP contribution < -0.4 is 10.6 Å². The second-order valence-electron chi connectivity index (χ2n) is 5.69. The first-order valence-electron chi connectivity index (χ1n) is 7.22.